The first kappa shape index (κ1) is 19.8. The van der Waals surface area contributed by atoms with Crippen LogP contribution in [0.5, 0.6) is 0 Å². The fourth-order valence-corrected chi connectivity index (χ4v) is 3.23. The summed E-state index contributed by atoms with van der Waals surface area (Å²) in [5.41, 5.74) is 2.05. The maximum atomic E-state index is 12.2. The van der Waals surface area contributed by atoms with Crippen molar-refractivity contribution in [3.8, 4) is 11.4 Å². The number of ether oxygens (including phenoxy) is 1. The fraction of sp³-hybridized carbons (Fsp3) is 0.381. The van der Waals surface area contributed by atoms with Crippen LogP contribution in [0, 0.1) is 12.8 Å². The predicted octanol–water partition coefficient (Wildman–Crippen LogP) is 3.99. The van der Waals surface area contributed by atoms with Crippen molar-refractivity contribution in [2.75, 3.05) is 16.8 Å². The maximum Gasteiger partial charge on any atom is 0.415 e. The Bertz CT molecular complexity index is 1030. The summed E-state index contributed by atoms with van der Waals surface area (Å²) >= 11 is 0. The number of rotatable bonds is 6. The van der Waals surface area contributed by atoms with Crippen molar-refractivity contribution in [3.63, 3.8) is 0 Å². The Morgan fingerprint density at radius 1 is 1.13 bits per heavy atom. The third-order valence-electron chi connectivity index (χ3n) is 5.03. The smallest absolute Gasteiger partial charge is 0.415 e. The van der Waals surface area contributed by atoms with Gasteiger partial charge in [-0.3, -0.25) is 4.90 Å². The summed E-state index contributed by atoms with van der Waals surface area (Å²) in [7, 11) is 0. The van der Waals surface area contributed by atoms with Gasteiger partial charge in [0.15, 0.2) is 0 Å². The summed E-state index contributed by atoms with van der Waals surface area (Å²) in [5, 5.41) is 7.22. The molecule has 3 heterocycles. The molecule has 3 aromatic rings. The van der Waals surface area contributed by atoms with Crippen LogP contribution in [0.1, 0.15) is 38.3 Å². The Labute approximate surface area is 174 Å². The molecule has 2 unspecified atom stereocenters. The van der Waals surface area contributed by atoms with E-state index in [2.05, 4.69) is 25.4 Å². The van der Waals surface area contributed by atoms with Crippen molar-refractivity contribution < 1.29 is 14.1 Å². The summed E-state index contributed by atoms with van der Waals surface area (Å²) in [4.78, 5) is 27.0. The minimum Gasteiger partial charge on any atom is -0.447 e. The number of aryl methyl sites for hydroxylation is 1. The number of carbonyl (C=O) groups excluding carboxylic acids is 1. The SMILES string of the molecule is Cc1ccc(-c2noc(C(C)Nc3nccc(N4C(=O)OCC4C(C)C)n3)n2)cc1. The molecule has 9 nitrogen and oxygen atoms in total. The van der Waals surface area contributed by atoms with Crippen molar-refractivity contribution in [2.45, 2.75) is 39.8 Å². The minimum absolute atomic E-state index is 0.0642. The van der Waals surface area contributed by atoms with Gasteiger partial charge in [-0.1, -0.05) is 48.8 Å². The second-order valence-electron chi connectivity index (χ2n) is 7.68. The van der Waals surface area contributed by atoms with Crippen LogP contribution in [-0.2, 0) is 4.74 Å². The molecule has 156 valence electrons. The maximum absolute atomic E-state index is 12.2. The monoisotopic (exact) mass is 408 g/mol. The molecule has 1 amide bonds. The fourth-order valence-electron chi connectivity index (χ4n) is 3.23. The second kappa shape index (κ2) is 8.10. The zero-order valence-corrected chi connectivity index (χ0v) is 17.4. The van der Waals surface area contributed by atoms with Crippen molar-refractivity contribution >= 4 is 17.9 Å². The molecule has 1 aliphatic heterocycles. The van der Waals surface area contributed by atoms with E-state index in [9.17, 15) is 4.79 Å². The molecule has 1 saturated heterocycles. The largest absolute Gasteiger partial charge is 0.447 e. The number of benzene rings is 1. The van der Waals surface area contributed by atoms with Crippen LogP contribution in [0.2, 0.25) is 0 Å². The van der Waals surface area contributed by atoms with Crippen molar-refractivity contribution in [1.82, 2.24) is 20.1 Å². The van der Waals surface area contributed by atoms with Gasteiger partial charge in [0, 0.05) is 11.8 Å². The Hall–Kier alpha value is -3.49. The molecule has 0 bridgehead atoms. The lowest BCUT2D eigenvalue weighted by Crippen LogP contribution is -2.37. The molecular formula is C21H24N6O3. The van der Waals surface area contributed by atoms with Crippen molar-refractivity contribution in [1.29, 1.82) is 0 Å². The first-order valence-corrected chi connectivity index (χ1v) is 9.88. The average molecular weight is 408 g/mol. The Morgan fingerprint density at radius 3 is 2.63 bits per heavy atom. The predicted molar refractivity (Wildman–Crippen MR) is 111 cm³/mol. The van der Waals surface area contributed by atoms with E-state index in [0.29, 0.717) is 30.1 Å². The van der Waals surface area contributed by atoms with Gasteiger partial charge in [0.2, 0.25) is 17.7 Å². The number of hydrogen-bond donors (Lipinski definition) is 1. The number of aromatic nitrogens is 4. The van der Waals surface area contributed by atoms with Gasteiger partial charge in [0.25, 0.3) is 0 Å². The highest BCUT2D eigenvalue weighted by molar-refractivity contribution is 5.89. The van der Waals surface area contributed by atoms with Crippen LogP contribution in [0.15, 0.2) is 41.1 Å². The first-order chi connectivity index (χ1) is 14.4. The van der Waals surface area contributed by atoms with E-state index in [-0.39, 0.29) is 18.0 Å². The molecular weight excluding hydrogens is 384 g/mol. The van der Waals surface area contributed by atoms with E-state index < -0.39 is 6.09 Å². The van der Waals surface area contributed by atoms with Gasteiger partial charge in [0.05, 0.1) is 6.04 Å². The summed E-state index contributed by atoms with van der Waals surface area (Å²) in [6.45, 7) is 8.34. The van der Waals surface area contributed by atoms with Crippen LogP contribution in [0.4, 0.5) is 16.6 Å². The molecule has 0 saturated carbocycles. The van der Waals surface area contributed by atoms with Crippen LogP contribution in [0.25, 0.3) is 11.4 Å². The molecule has 30 heavy (non-hydrogen) atoms. The van der Waals surface area contributed by atoms with E-state index in [0.717, 1.165) is 11.1 Å². The normalized spacial score (nSPS) is 17.3. The van der Waals surface area contributed by atoms with Crippen molar-refractivity contribution in [3.05, 3.63) is 48.0 Å². The molecule has 0 aliphatic carbocycles. The highest BCUT2D eigenvalue weighted by Crippen LogP contribution is 2.27. The molecule has 9 heteroatoms. The van der Waals surface area contributed by atoms with Gasteiger partial charge in [0.1, 0.15) is 18.5 Å². The number of nitrogens with zero attached hydrogens (tertiary/aromatic N) is 5. The van der Waals surface area contributed by atoms with Crippen molar-refractivity contribution in [2.24, 2.45) is 5.92 Å². The summed E-state index contributed by atoms with van der Waals surface area (Å²) in [6.07, 6.45) is 1.21. The third kappa shape index (κ3) is 3.96. The quantitative estimate of drug-likeness (QED) is 0.652. The number of nitrogens with one attached hydrogen (secondary N) is 1. The van der Waals surface area contributed by atoms with Gasteiger partial charge in [-0.2, -0.15) is 9.97 Å². The van der Waals surface area contributed by atoms with Gasteiger partial charge in [-0.15, -0.1) is 0 Å². The van der Waals surface area contributed by atoms with E-state index in [1.54, 1.807) is 17.2 Å². The van der Waals surface area contributed by atoms with E-state index >= 15 is 0 Å². The molecule has 1 fully saturated rings. The van der Waals surface area contributed by atoms with Gasteiger partial charge < -0.3 is 14.6 Å². The standard InChI is InChI=1S/C21H24N6O3/c1-12(2)16-11-29-21(28)27(16)17-9-10-22-20(24-17)23-14(4)19-25-18(26-30-19)15-7-5-13(3)6-8-15/h5-10,12,14,16H,11H2,1-4H3,(H,22,23,24). The minimum atomic E-state index is -0.397. The molecule has 0 radical (unpaired) electrons. The zero-order chi connectivity index (χ0) is 21.3. The average Bonchev–Trinajstić information content (AvgIpc) is 3.36. The molecule has 1 aliphatic rings. The number of amides is 1. The summed E-state index contributed by atoms with van der Waals surface area (Å²) in [5.74, 6) is 2.03. The highest BCUT2D eigenvalue weighted by atomic mass is 16.6. The van der Waals surface area contributed by atoms with Crippen LogP contribution < -0.4 is 10.2 Å². The highest BCUT2D eigenvalue weighted by Gasteiger charge is 2.37. The molecule has 1 N–H and O–H groups in total. The van der Waals surface area contributed by atoms with Crippen LogP contribution in [-0.4, -0.2) is 38.9 Å². The number of cyclic esters (lactones) is 1. The van der Waals surface area contributed by atoms with E-state index in [1.807, 2.05) is 52.0 Å². The van der Waals surface area contributed by atoms with Crippen LogP contribution in [0.3, 0.4) is 0 Å². The van der Waals surface area contributed by atoms with Crippen LogP contribution >= 0.6 is 0 Å². The Kier molecular flexibility index (Phi) is 5.35. The molecule has 2 atom stereocenters. The number of carbonyl (C=O) groups is 1. The molecule has 1 aromatic carbocycles. The lowest BCUT2D eigenvalue weighted by Gasteiger charge is -2.23. The van der Waals surface area contributed by atoms with E-state index in [4.69, 9.17) is 9.26 Å². The molecule has 4 rings (SSSR count). The topological polar surface area (TPSA) is 106 Å². The van der Waals surface area contributed by atoms with E-state index in [1.165, 1.54) is 0 Å². The zero-order valence-electron chi connectivity index (χ0n) is 17.4. The van der Waals surface area contributed by atoms with Gasteiger partial charge in [-0.05, 0) is 25.8 Å². The second-order valence-corrected chi connectivity index (χ2v) is 7.68. The number of hydrogen-bond acceptors (Lipinski definition) is 8. The van der Waals surface area contributed by atoms with Gasteiger partial charge in [-0.25, -0.2) is 9.78 Å². The summed E-state index contributed by atoms with van der Waals surface area (Å²) < 4.78 is 10.6. The lowest BCUT2D eigenvalue weighted by molar-refractivity contribution is 0.177. The molecule has 0 spiro atoms. The van der Waals surface area contributed by atoms with Gasteiger partial charge >= 0.3 is 6.09 Å². The summed E-state index contributed by atoms with van der Waals surface area (Å²) in [6, 6.07) is 9.22. The Balaban J connectivity index is 1.50. The molecule has 2 aromatic heterocycles. The Morgan fingerprint density at radius 2 is 1.90 bits per heavy atom. The number of anilines is 2. The first-order valence-electron chi connectivity index (χ1n) is 9.88. The third-order valence-corrected chi connectivity index (χ3v) is 5.03. The lowest BCUT2D eigenvalue weighted by atomic mass is 10.0.